The van der Waals surface area contributed by atoms with Gasteiger partial charge in [0.1, 0.15) is 12.1 Å². The second-order valence-corrected chi connectivity index (χ2v) is 9.43. The summed E-state index contributed by atoms with van der Waals surface area (Å²) in [5, 5.41) is 29.0. The summed E-state index contributed by atoms with van der Waals surface area (Å²) in [5.74, 6) is 1.22. The van der Waals surface area contributed by atoms with Crippen molar-refractivity contribution < 1.29 is 24.6 Å². The van der Waals surface area contributed by atoms with Gasteiger partial charge in [-0.3, -0.25) is 14.4 Å². The number of hydrogen-bond donors (Lipinski definition) is 5. The van der Waals surface area contributed by atoms with Crippen LogP contribution in [0.1, 0.15) is 36.5 Å². The van der Waals surface area contributed by atoms with Crippen molar-refractivity contribution in [2.75, 3.05) is 30.1 Å². The van der Waals surface area contributed by atoms with Crippen LogP contribution in [-0.4, -0.2) is 82.8 Å². The lowest BCUT2D eigenvalue weighted by molar-refractivity contribution is -0.125. The number of carbonyl (C=O) groups excluding carboxylic acids is 3. The van der Waals surface area contributed by atoms with E-state index >= 15 is 0 Å². The molecule has 32 heavy (non-hydrogen) atoms. The van der Waals surface area contributed by atoms with Gasteiger partial charge in [-0.25, -0.2) is 0 Å². The van der Waals surface area contributed by atoms with Crippen LogP contribution in [0.3, 0.4) is 0 Å². The van der Waals surface area contributed by atoms with Crippen molar-refractivity contribution in [3.05, 3.63) is 35.9 Å². The third kappa shape index (κ3) is 10.7. The lowest BCUT2D eigenvalue weighted by atomic mass is 10.0. The predicted molar refractivity (Wildman–Crippen MR) is 131 cm³/mol. The van der Waals surface area contributed by atoms with Crippen molar-refractivity contribution in [1.82, 2.24) is 16.0 Å². The van der Waals surface area contributed by atoms with Crippen molar-refractivity contribution in [3.63, 3.8) is 0 Å². The number of benzene rings is 1. The summed E-state index contributed by atoms with van der Waals surface area (Å²) in [6.07, 6.45) is 2.36. The molecule has 0 aromatic heterocycles. The highest BCUT2D eigenvalue weighted by atomic mass is 32.2. The highest BCUT2D eigenvalue weighted by molar-refractivity contribution is 7.99. The van der Waals surface area contributed by atoms with Gasteiger partial charge >= 0.3 is 0 Å². The van der Waals surface area contributed by atoms with E-state index in [2.05, 4.69) is 22.9 Å². The third-order valence-corrected chi connectivity index (χ3v) is 6.58. The smallest absolute Gasteiger partial charge is 0.251 e. The van der Waals surface area contributed by atoms with Gasteiger partial charge in [0.25, 0.3) is 5.91 Å². The van der Waals surface area contributed by atoms with Crippen LogP contribution >= 0.6 is 23.5 Å². The van der Waals surface area contributed by atoms with Gasteiger partial charge in [0.15, 0.2) is 0 Å². The Kier molecular flexibility index (Phi) is 14.9. The van der Waals surface area contributed by atoms with E-state index in [0.29, 0.717) is 29.9 Å². The second kappa shape index (κ2) is 16.8. The summed E-state index contributed by atoms with van der Waals surface area (Å²) in [6.45, 7) is 1.88. The zero-order valence-corrected chi connectivity index (χ0v) is 20.3. The van der Waals surface area contributed by atoms with Gasteiger partial charge in [0.2, 0.25) is 12.3 Å². The summed E-state index contributed by atoms with van der Waals surface area (Å²) in [6, 6.07) is 7.23. The summed E-state index contributed by atoms with van der Waals surface area (Å²) < 4.78 is 0. The van der Waals surface area contributed by atoms with Gasteiger partial charge in [-0.1, -0.05) is 31.5 Å². The highest BCUT2D eigenvalue weighted by Gasteiger charge is 2.29. The quantitative estimate of drug-likeness (QED) is 0.165. The van der Waals surface area contributed by atoms with Crippen molar-refractivity contribution in [3.8, 4) is 0 Å². The Labute approximate surface area is 198 Å². The Morgan fingerprint density at radius 2 is 1.88 bits per heavy atom. The minimum absolute atomic E-state index is 0.201. The van der Waals surface area contributed by atoms with E-state index in [9.17, 15) is 24.6 Å². The van der Waals surface area contributed by atoms with Crippen molar-refractivity contribution in [2.45, 2.75) is 50.5 Å². The summed E-state index contributed by atoms with van der Waals surface area (Å²) in [7, 11) is 0. The fourth-order valence-electron chi connectivity index (χ4n) is 2.86. The Morgan fingerprint density at radius 1 is 1.16 bits per heavy atom. The average Bonchev–Trinajstić information content (AvgIpc) is 2.81. The lowest BCUT2D eigenvalue weighted by Gasteiger charge is -2.28. The minimum Gasteiger partial charge on any atom is -0.388 e. The minimum atomic E-state index is -1.29. The molecule has 0 aliphatic heterocycles. The molecule has 4 atom stereocenters. The molecule has 0 fully saturated rings. The molecule has 0 aliphatic rings. The van der Waals surface area contributed by atoms with Crippen molar-refractivity contribution in [1.29, 1.82) is 0 Å². The molecular weight excluding hydrogens is 450 g/mol. The topological polar surface area (TPSA) is 128 Å². The number of carbonyl (C=O) groups is 3. The van der Waals surface area contributed by atoms with E-state index in [4.69, 9.17) is 0 Å². The molecule has 10 heteroatoms. The fraction of sp³-hybridized carbons (Fsp3) is 0.591. The Hall–Kier alpha value is -1.75. The first kappa shape index (κ1) is 28.3. The number of rotatable bonds is 17. The SMILES string of the molecule is CCCCSCC(NC=O)C(=O)NCC(O)C(O)C(CCSC)NC(=O)c1ccccc1. The van der Waals surface area contributed by atoms with E-state index in [-0.39, 0.29) is 12.5 Å². The first-order valence-corrected chi connectivity index (χ1v) is 13.3. The van der Waals surface area contributed by atoms with E-state index < -0.39 is 30.2 Å². The van der Waals surface area contributed by atoms with Crippen molar-refractivity contribution in [2.24, 2.45) is 0 Å². The molecule has 4 unspecified atom stereocenters. The number of nitrogens with one attached hydrogen (secondary N) is 3. The van der Waals surface area contributed by atoms with Gasteiger partial charge in [-0.15, -0.1) is 0 Å². The fourth-order valence-corrected chi connectivity index (χ4v) is 4.49. The highest BCUT2D eigenvalue weighted by Crippen LogP contribution is 2.11. The van der Waals surface area contributed by atoms with Crippen LogP contribution < -0.4 is 16.0 Å². The number of amides is 3. The molecule has 1 aromatic carbocycles. The first-order valence-electron chi connectivity index (χ1n) is 10.7. The van der Waals surface area contributed by atoms with E-state index in [1.165, 1.54) is 0 Å². The third-order valence-electron chi connectivity index (χ3n) is 4.79. The van der Waals surface area contributed by atoms with Gasteiger partial charge in [0.05, 0.1) is 12.1 Å². The van der Waals surface area contributed by atoms with Crippen LogP contribution in [0.5, 0.6) is 0 Å². The largest absolute Gasteiger partial charge is 0.388 e. The molecule has 3 amide bonds. The molecule has 8 nitrogen and oxygen atoms in total. The zero-order chi connectivity index (χ0) is 23.8. The lowest BCUT2D eigenvalue weighted by Crippen LogP contribution is -2.53. The Balaban J connectivity index is 2.64. The Bertz CT molecular complexity index is 681. The number of unbranched alkanes of at least 4 members (excludes halogenated alkanes) is 1. The number of aliphatic hydroxyl groups excluding tert-OH is 2. The molecule has 0 saturated heterocycles. The van der Waals surface area contributed by atoms with Crippen LogP contribution in [0.25, 0.3) is 0 Å². The normalized spacial score (nSPS) is 14.6. The number of aliphatic hydroxyl groups is 2. The van der Waals surface area contributed by atoms with Gasteiger partial charge in [0, 0.05) is 17.9 Å². The van der Waals surface area contributed by atoms with E-state index in [1.54, 1.807) is 53.9 Å². The molecule has 5 N–H and O–H groups in total. The molecule has 0 heterocycles. The molecule has 1 aromatic rings. The molecule has 0 saturated carbocycles. The predicted octanol–water partition coefficient (Wildman–Crippen LogP) is 1.02. The van der Waals surface area contributed by atoms with Gasteiger partial charge in [-0.05, 0) is 42.7 Å². The maximum absolute atomic E-state index is 12.5. The molecular formula is C22H35N3O5S2. The molecule has 180 valence electrons. The average molecular weight is 486 g/mol. The van der Waals surface area contributed by atoms with Gasteiger partial charge < -0.3 is 26.2 Å². The van der Waals surface area contributed by atoms with Crippen LogP contribution in [-0.2, 0) is 9.59 Å². The second-order valence-electron chi connectivity index (χ2n) is 7.30. The van der Waals surface area contributed by atoms with E-state index in [0.717, 1.165) is 18.6 Å². The number of thioether (sulfide) groups is 2. The van der Waals surface area contributed by atoms with Crippen LogP contribution in [0.2, 0.25) is 0 Å². The molecule has 1 rings (SSSR count). The molecule has 0 aliphatic carbocycles. The molecule has 0 bridgehead atoms. The Morgan fingerprint density at radius 3 is 2.50 bits per heavy atom. The summed E-state index contributed by atoms with van der Waals surface area (Å²) in [4.78, 5) is 35.7. The standard InChI is InChI=1S/C22H35N3O5S2/c1-3-4-11-32-14-18(24-15-26)22(30)23-13-19(27)20(28)17(10-12-31-2)25-21(29)16-8-6-5-7-9-16/h5-9,15,17-20,27-28H,3-4,10-14H2,1-2H3,(H,23,30)(H,24,26)(H,25,29). The summed E-state index contributed by atoms with van der Waals surface area (Å²) >= 11 is 3.13. The van der Waals surface area contributed by atoms with Crippen LogP contribution in [0.4, 0.5) is 0 Å². The summed E-state index contributed by atoms with van der Waals surface area (Å²) in [5.41, 5.74) is 0.458. The maximum Gasteiger partial charge on any atom is 0.251 e. The maximum atomic E-state index is 12.5. The van der Waals surface area contributed by atoms with Crippen LogP contribution in [0, 0.1) is 0 Å². The molecule has 0 spiro atoms. The van der Waals surface area contributed by atoms with Crippen LogP contribution in [0.15, 0.2) is 30.3 Å². The van der Waals surface area contributed by atoms with E-state index in [1.807, 2.05) is 6.26 Å². The van der Waals surface area contributed by atoms with Gasteiger partial charge in [-0.2, -0.15) is 23.5 Å². The van der Waals surface area contributed by atoms with Crippen molar-refractivity contribution >= 4 is 41.7 Å². The molecule has 0 radical (unpaired) electrons. The first-order chi connectivity index (χ1) is 15.4. The monoisotopic (exact) mass is 485 g/mol. The zero-order valence-electron chi connectivity index (χ0n) is 18.7. The number of hydrogen-bond acceptors (Lipinski definition) is 7.